The maximum atomic E-state index is 12.8. The summed E-state index contributed by atoms with van der Waals surface area (Å²) in [4.78, 5) is 17.1. The lowest BCUT2D eigenvalue weighted by atomic mass is 9.78. The van der Waals surface area contributed by atoms with Crippen LogP contribution in [-0.2, 0) is 11.3 Å². The zero-order valence-electron chi connectivity index (χ0n) is 15.2. The van der Waals surface area contributed by atoms with Gasteiger partial charge < -0.3 is 9.32 Å². The Morgan fingerprint density at radius 1 is 1.04 bits per heavy atom. The van der Waals surface area contributed by atoms with E-state index in [0.29, 0.717) is 5.91 Å². The monoisotopic (exact) mass is 348 g/mol. The lowest BCUT2D eigenvalue weighted by molar-refractivity contribution is -0.143. The molecule has 4 nitrogen and oxygen atoms in total. The van der Waals surface area contributed by atoms with E-state index >= 15 is 0 Å². The Labute approximate surface area is 153 Å². The van der Waals surface area contributed by atoms with Crippen LogP contribution in [0, 0.1) is 5.41 Å². The summed E-state index contributed by atoms with van der Waals surface area (Å²) < 4.78 is 6.17. The van der Waals surface area contributed by atoms with Gasteiger partial charge >= 0.3 is 0 Å². The number of carbonyl (C=O) groups excluding carboxylic acids is 1. The molecule has 1 spiro atoms. The third-order valence-corrected chi connectivity index (χ3v) is 6.26. The summed E-state index contributed by atoms with van der Waals surface area (Å²) in [5, 5.41) is 2.35. The van der Waals surface area contributed by atoms with Crippen LogP contribution in [0.5, 0.6) is 0 Å². The Morgan fingerprint density at radius 3 is 2.81 bits per heavy atom. The van der Waals surface area contributed by atoms with E-state index in [1.807, 2.05) is 24.1 Å². The van der Waals surface area contributed by atoms with Gasteiger partial charge in [-0.25, -0.2) is 0 Å². The number of benzene rings is 2. The van der Waals surface area contributed by atoms with E-state index in [-0.39, 0.29) is 5.41 Å². The number of rotatable bonds is 2. The molecule has 0 bridgehead atoms. The normalized spacial score (nSPS) is 24.3. The Morgan fingerprint density at radius 2 is 1.88 bits per heavy atom. The fraction of sp³-hybridized carbons (Fsp3) is 0.409. The smallest absolute Gasteiger partial charge is 0.229 e. The predicted molar refractivity (Wildman–Crippen MR) is 103 cm³/mol. The Hall–Kier alpha value is -2.33. The molecular weight excluding hydrogens is 324 g/mol. The molecule has 0 aliphatic carbocycles. The van der Waals surface area contributed by atoms with Crippen molar-refractivity contribution in [3.8, 4) is 0 Å². The van der Waals surface area contributed by atoms with Crippen molar-refractivity contribution in [3.63, 3.8) is 0 Å². The van der Waals surface area contributed by atoms with Gasteiger partial charge in [-0.2, -0.15) is 0 Å². The fourth-order valence-electron chi connectivity index (χ4n) is 4.91. The lowest BCUT2D eigenvalue weighted by Crippen LogP contribution is -2.48. The first kappa shape index (κ1) is 15.9. The molecule has 2 aromatic carbocycles. The van der Waals surface area contributed by atoms with Gasteiger partial charge in [0.05, 0.1) is 5.41 Å². The van der Waals surface area contributed by atoms with Crippen LogP contribution in [0.4, 0.5) is 0 Å². The van der Waals surface area contributed by atoms with Gasteiger partial charge in [-0.3, -0.25) is 9.69 Å². The Balaban J connectivity index is 1.45. The van der Waals surface area contributed by atoms with Gasteiger partial charge in [0, 0.05) is 43.0 Å². The number of nitrogens with zero attached hydrogens (tertiary/aromatic N) is 2. The molecule has 1 aromatic heterocycles. The molecule has 2 aliphatic heterocycles. The number of amides is 1. The molecule has 2 fully saturated rings. The average Bonchev–Trinajstić information content (AvgIpc) is 3.23. The minimum atomic E-state index is -0.158. The first-order valence-corrected chi connectivity index (χ1v) is 9.53. The summed E-state index contributed by atoms with van der Waals surface area (Å²) in [5.41, 5.74) is 2.99. The molecule has 5 rings (SSSR count). The molecule has 134 valence electrons. The van der Waals surface area contributed by atoms with E-state index in [9.17, 15) is 4.79 Å². The van der Waals surface area contributed by atoms with E-state index in [1.54, 1.807) is 0 Å². The van der Waals surface area contributed by atoms with E-state index in [0.717, 1.165) is 56.6 Å². The molecule has 1 amide bonds. The van der Waals surface area contributed by atoms with Crippen molar-refractivity contribution in [2.75, 3.05) is 26.7 Å². The number of piperidine rings is 1. The molecule has 2 aliphatic rings. The third kappa shape index (κ3) is 2.36. The van der Waals surface area contributed by atoms with Gasteiger partial charge in [-0.15, -0.1) is 0 Å². The minimum absolute atomic E-state index is 0.158. The van der Waals surface area contributed by atoms with Crippen LogP contribution in [0.2, 0.25) is 0 Å². The van der Waals surface area contributed by atoms with Gasteiger partial charge in [-0.1, -0.05) is 36.4 Å². The second-order valence-corrected chi connectivity index (χ2v) is 7.96. The molecule has 26 heavy (non-hydrogen) atoms. The highest BCUT2D eigenvalue weighted by Crippen LogP contribution is 2.40. The lowest BCUT2D eigenvalue weighted by Gasteiger charge is -2.37. The molecule has 3 heterocycles. The number of hydrogen-bond acceptors (Lipinski definition) is 3. The van der Waals surface area contributed by atoms with Crippen LogP contribution in [-0.4, -0.2) is 42.4 Å². The van der Waals surface area contributed by atoms with Crippen molar-refractivity contribution in [3.05, 3.63) is 48.0 Å². The SMILES string of the molecule is CN1CCCC2(CCN(Cc3cccc4c3oc3ccccc34)C2)C1=O. The molecular formula is C22H24N2O2. The van der Waals surface area contributed by atoms with Gasteiger partial charge in [-0.05, 0) is 31.9 Å². The molecule has 1 atom stereocenters. The maximum absolute atomic E-state index is 12.8. The topological polar surface area (TPSA) is 36.7 Å². The number of para-hydroxylation sites is 2. The number of likely N-dealkylation sites (tertiary alicyclic amines) is 2. The van der Waals surface area contributed by atoms with Crippen molar-refractivity contribution < 1.29 is 9.21 Å². The zero-order valence-corrected chi connectivity index (χ0v) is 15.2. The molecule has 0 saturated carbocycles. The summed E-state index contributed by atoms with van der Waals surface area (Å²) in [7, 11) is 1.95. The van der Waals surface area contributed by atoms with Gasteiger partial charge in [0.1, 0.15) is 11.2 Å². The zero-order chi connectivity index (χ0) is 17.7. The number of hydrogen-bond donors (Lipinski definition) is 0. The van der Waals surface area contributed by atoms with E-state index < -0.39 is 0 Å². The standard InChI is InChI=1S/C22H24N2O2/c1-23-12-5-10-22(21(23)25)11-13-24(15-22)14-16-6-4-8-18-17-7-2-3-9-19(17)26-20(16)18/h2-4,6-9H,5,10-15H2,1H3. The Bertz CT molecular complexity index is 992. The van der Waals surface area contributed by atoms with Gasteiger partial charge in [0.25, 0.3) is 0 Å². The third-order valence-electron chi connectivity index (χ3n) is 6.26. The summed E-state index contributed by atoms with van der Waals surface area (Å²) in [6, 6.07) is 14.6. The van der Waals surface area contributed by atoms with Crippen LogP contribution in [0.1, 0.15) is 24.8 Å². The van der Waals surface area contributed by atoms with Crippen molar-refractivity contribution >= 4 is 27.8 Å². The maximum Gasteiger partial charge on any atom is 0.229 e. The van der Waals surface area contributed by atoms with Gasteiger partial charge in [0.15, 0.2) is 0 Å². The van der Waals surface area contributed by atoms with E-state index in [1.165, 1.54) is 16.3 Å². The fourth-order valence-corrected chi connectivity index (χ4v) is 4.91. The molecule has 3 aromatic rings. The summed E-state index contributed by atoms with van der Waals surface area (Å²) >= 11 is 0. The van der Waals surface area contributed by atoms with Crippen LogP contribution < -0.4 is 0 Å². The number of fused-ring (bicyclic) bond motifs is 3. The van der Waals surface area contributed by atoms with E-state index in [2.05, 4.69) is 35.2 Å². The van der Waals surface area contributed by atoms with Crippen molar-refractivity contribution in [2.24, 2.45) is 5.41 Å². The first-order valence-electron chi connectivity index (χ1n) is 9.53. The van der Waals surface area contributed by atoms with Crippen molar-refractivity contribution in [2.45, 2.75) is 25.8 Å². The van der Waals surface area contributed by atoms with Crippen LogP contribution >= 0.6 is 0 Å². The average molecular weight is 348 g/mol. The van der Waals surface area contributed by atoms with Crippen molar-refractivity contribution in [1.82, 2.24) is 9.80 Å². The highest BCUT2D eigenvalue weighted by atomic mass is 16.3. The first-order chi connectivity index (χ1) is 12.7. The summed E-state index contributed by atoms with van der Waals surface area (Å²) in [5.74, 6) is 0.341. The Kier molecular flexibility index (Phi) is 3.57. The second kappa shape index (κ2) is 5.85. The molecule has 4 heteroatoms. The molecule has 1 unspecified atom stereocenters. The van der Waals surface area contributed by atoms with Crippen LogP contribution in [0.3, 0.4) is 0 Å². The number of furan rings is 1. The molecule has 2 saturated heterocycles. The minimum Gasteiger partial charge on any atom is -0.456 e. The predicted octanol–water partition coefficient (Wildman–Crippen LogP) is 4.03. The van der Waals surface area contributed by atoms with Gasteiger partial charge in [0.2, 0.25) is 5.91 Å². The molecule has 0 radical (unpaired) electrons. The summed E-state index contributed by atoms with van der Waals surface area (Å²) in [6.07, 6.45) is 3.13. The molecule has 0 N–H and O–H groups in total. The summed E-state index contributed by atoms with van der Waals surface area (Å²) in [6.45, 7) is 3.60. The highest BCUT2D eigenvalue weighted by Gasteiger charge is 2.47. The van der Waals surface area contributed by atoms with E-state index in [4.69, 9.17) is 4.42 Å². The number of carbonyl (C=O) groups is 1. The van der Waals surface area contributed by atoms with Crippen molar-refractivity contribution in [1.29, 1.82) is 0 Å². The van der Waals surface area contributed by atoms with Crippen LogP contribution in [0.25, 0.3) is 21.9 Å². The second-order valence-electron chi connectivity index (χ2n) is 7.96. The quantitative estimate of drug-likeness (QED) is 0.701. The largest absolute Gasteiger partial charge is 0.456 e. The highest BCUT2D eigenvalue weighted by molar-refractivity contribution is 6.05. The van der Waals surface area contributed by atoms with Crippen LogP contribution in [0.15, 0.2) is 46.9 Å².